The Labute approximate surface area is 97.2 Å². The molecule has 0 amide bonds. The molecule has 1 rings (SSSR count). The highest BCUT2D eigenvalue weighted by Gasteiger charge is 2.02. The Hall–Kier alpha value is -3.35. The first-order valence-corrected chi connectivity index (χ1v) is 4.33. The predicted octanol–water partition coefficient (Wildman–Crippen LogP) is 1.25. The molecule has 0 radical (unpaired) electrons. The molecule has 1 aromatic rings. The first-order chi connectivity index (χ1) is 8.24. The van der Waals surface area contributed by atoms with Crippen molar-refractivity contribution in [1.82, 2.24) is 0 Å². The van der Waals surface area contributed by atoms with Crippen LogP contribution >= 0.6 is 0 Å². The van der Waals surface area contributed by atoms with E-state index in [9.17, 15) is 0 Å². The maximum atomic E-state index is 8.77. The molecule has 0 aliphatic carbocycles. The van der Waals surface area contributed by atoms with Gasteiger partial charge in [0.1, 0.15) is 24.3 Å². The maximum Gasteiger partial charge on any atom is 0.237 e. The van der Waals surface area contributed by atoms with E-state index in [1.165, 1.54) is 18.2 Å². The predicted molar refractivity (Wildman–Crippen MR) is 58.2 cm³/mol. The monoisotopic (exact) mass is 220 g/mol. The molecule has 0 bridgehead atoms. The number of nitrogens with zero attached hydrogens (tertiary/aromatic N) is 5. The Morgan fingerprint density at radius 3 is 2.18 bits per heavy atom. The third-order valence-electron chi connectivity index (χ3n) is 1.77. The average molecular weight is 220 g/mol. The van der Waals surface area contributed by atoms with Gasteiger partial charge < -0.3 is 0 Å². The quantitative estimate of drug-likeness (QED) is 0.593. The largest absolute Gasteiger partial charge is 0.276 e. The van der Waals surface area contributed by atoms with Crippen LogP contribution in [0, 0.1) is 45.3 Å². The van der Waals surface area contributed by atoms with E-state index in [0.717, 1.165) is 0 Å². The fourth-order valence-corrected chi connectivity index (χ4v) is 0.999. The van der Waals surface area contributed by atoms with Gasteiger partial charge in [-0.2, -0.15) is 26.1 Å². The highest BCUT2D eigenvalue weighted by molar-refractivity contribution is 6.10. The first-order valence-electron chi connectivity index (χ1n) is 4.33. The molecule has 78 valence electrons. The van der Waals surface area contributed by atoms with Gasteiger partial charge in [-0.05, 0) is 18.2 Å². The minimum atomic E-state index is -0.326. The topological polar surface area (TPSA) is 120 Å². The van der Waals surface area contributed by atoms with Gasteiger partial charge in [-0.15, -0.1) is 0 Å². The molecule has 0 fully saturated rings. The SMILES string of the molecule is N#CC(C#N)=NNc1ccc(C#N)c(C#N)c1. The molecule has 0 spiro atoms. The summed E-state index contributed by atoms with van der Waals surface area (Å²) in [6.07, 6.45) is 0. The number of hydrogen-bond donors (Lipinski definition) is 1. The van der Waals surface area contributed by atoms with Crippen molar-refractivity contribution >= 4 is 11.4 Å². The molecule has 0 unspecified atom stereocenters. The number of benzene rings is 1. The van der Waals surface area contributed by atoms with E-state index in [4.69, 9.17) is 21.0 Å². The summed E-state index contributed by atoms with van der Waals surface area (Å²) in [5.74, 6) is 0. The highest BCUT2D eigenvalue weighted by Crippen LogP contribution is 2.14. The van der Waals surface area contributed by atoms with Gasteiger partial charge in [-0.25, -0.2) is 0 Å². The normalized spacial score (nSPS) is 7.76. The molecular weight excluding hydrogens is 216 g/mol. The lowest BCUT2D eigenvalue weighted by Crippen LogP contribution is -1.97. The minimum absolute atomic E-state index is 0.197. The molecule has 0 aliphatic heterocycles. The van der Waals surface area contributed by atoms with Crippen molar-refractivity contribution in [2.45, 2.75) is 0 Å². The standard InChI is InChI=1S/C11H4N6/c12-4-8-1-2-10(3-9(8)5-13)16-17-11(6-14)7-15/h1-3,16H. The maximum absolute atomic E-state index is 8.77. The zero-order valence-corrected chi connectivity index (χ0v) is 8.47. The van der Waals surface area contributed by atoms with Crippen LogP contribution in [0.5, 0.6) is 0 Å². The van der Waals surface area contributed by atoms with Gasteiger partial charge in [-0.3, -0.25) is 5.43 Å². The lowest BCUT2D eigenvalue weighted by Gasteiger charge is -2.00. The number of nitriles is 4. The summed E-state index contributed by atoms with van der Waals surface area (Å²) in [4.78, 5) is 0. The van der Waals surface area contributed by atoms with Crippen LogP contribution in [-0.2, 0) is 0 Å². The smallest absolute Gasteiger partial charge is 0.237 e. The van der Waals surface area contributed by atoms with Gasteiger partial charge in [0.15, 0.2) is 0 Å². The van der Waals surface area contributed by atoms with Crippen molar-refractivity contribution in [3.63, 3.8) is 0 Å². The summed E-state index contributed by atoms with van der Waals surface area (Å²) in [6.45, 7) is 0. The molecule has 1 N–H and O–H groups in total. The molecule has 6 nitrogen and oxygen atoms in total. The second kappa shape index (κ2) is 5.51. The summed E-state index contributed by atoms with van der Waals surface area (Å²) in [6, 6.07) is 11.3. The van der Waals surface area contributed by atoms with Crippen LogP contribution in [-0.4, -0.2) is 5.71 Å². The van der Waals surface area contributed by atoms with Crippen LogP contribution in [0.4, 0.5) is 5.69 Å². The number of hydrazone groups is 1. The van der Waals surface area contributed by atoms with E-state index in [1.807, 2.05) is 12.1 Å². The van der Waals surface area contributed by atoms with Crippen LogP contribution in [0.1, 0.15) is 11.1 Å². The van der Waals surface area contributed by atoms with E-state index in [0.29, 0.717) is 5.69 Å². The number of hydrogen-bond acceptors (Lipinski definition) is 6. The van der Waals surface area contributed by atoms with E-state index in [2.05, 4.69) is 10.5 Å². The molecular formula is C11H4N6. The number of nitrogens with one attached hydrogen (secondary N) is 1. The second-order valence-electron chi connectivity index (χ2n) is 2.78. The molecule has 0 aromatic heterocycles. The Balaban J connectivity index is 3.02. The molecule has 0 saturated carbocycles. The van der Waals surface area contributed by atoms with Crippen molar-refractivity contribution in [2.75, 3.05) is 5.43 Å². The summed E-state index contributed by atoms with van der Waals surface area (Å²) < 4.78 is 0. The van der Waals surface area contributed by atoms with Crippen LogP contribution < -0.4 is 5.43 Å². The van der Waals surface area contributed by atoms with Gasteiger partial charge >= 0.3 is 0 Å². The summed E-state index contributed by atoms with van der Waals surface area (Å²) in [5.41, 5.74) is 3.00. The molecule has 1 aromatic carbocycles. The van der Waals surface area contributed by atoms with Crippen molar-refractivity contribution in [3.8, 4) is 24.3 Å². The van der Waals surface area contributed by atoms with Crippen molar-refractivity contribution in [2.24, 2.45) is 5.10 Å². The van der Waals surface area contributed by atoms with Crippen molar-refractivity contribution in [3.05, 3.63) is 29.3 Å². The van der Waals surface area contributed by atoms with E-state index >= 15 is 0 Å². The van der Waals surface area contributed by atoms with E-state index < -0.39 is 0 Å². The highest BCUT2D eigenvalue weighted by atomic mass is 15.3. The zero-order chi connectivity index (χ0) is 12.7. The Morgan fingerprint density at radius 1 is 1.00 bits per heavy atom. The number of anilines is 1. The lowest BCUT2D eigenvalue weighted by atomic mass is 10.1. The molecule has 0 aliphatic rings. The van der Waals surface area contributed by atoms with E-state index in [-0.39, 0.29) is 16.8 Å². The summed E-state index contributed by atoms with van der Waals surface area (Å²) >= 11 is 0. The summed E-state index contributed by atoms with van der Waals surface area (Å²) in [7, 11) is 0. The van der Waals surface area contributed by atoms with Crippen LogP contribution in [0.15, 0.2) is 23.3 Å². The zero-order valence-electron chi connectivity index (χ0n) is 8.47. The van der Waals surface area contributed by atoms with Gasteiger partial charge in [-0.1, -0.05) is 0 Å². The van der Waals surface area contributed by atoms with E-state index in [1.54, 1.807) is 12.1 Å². The van der Waals surface area contributed by atoms with Crippen LogP contribution in [0.25, 0.3) is 0 Å². The molecule has 0 heterocycles. The first kappa shape index (κ1) is 11.7. The molecule has 17 heavy (non-hydrogen) atoms. The second-order valence-corrected chi connectivity index (χ2v) is 2.78. The Kier molecular flexibility index (Phi) is 3.80. The van der Waals surface area contributed by atoms with Gasteiger partial charge in [0, 0.05) is 0 Å². The van der Waals surface area contributed by atoms with Crippen molar-refractivity contribution in [1.29, 1.82) is 21.0 Å². The number of rotatable bonds is 2. The van der Waals surface area contributed by atoms with Crippen molar-refractivity contribution < 1.29 is 0 Å². The fraction of sp³-hybridized carbons (Fsp3) is 0. The third-order valence-corrected chi connectivity index (χ3v) is 1.77. The fourth-order valence-electron chi connectivity index (χ4n) is 0.999. The molecule has 0 atom stereocenters. The minimum Gasteiger partial charge on any atom is -0.276 e. The third kappa shape index (κ3) is 2.80. The Morgan fingerprint density at radius 2 is 1.65 bits per heavy atom. The molecule has 6 heteroatoms. The average Bonchev–Trinajstić information content (AvgIpc) is 2.39. The van der Waals surface area contributed by atoms with Gasteiger partial charge in [0.05, 0.1) is 16.8 Å². The van der Waals surface area contributed by atoms with Gasteiger partial charge in [0.2, 0.25) is 5.71 Å². The summed E-state index contributed by atoms with van der Waals surface area (Å²) in [5, 5.41) is 37.9. The Bertz CT molecular complexity index is 614. The lowest BCUT2D eigenvalue weighted by molar-refractivity contribution is 1.32. The van der Waals surface area contributed by atoms with Crippen LogP contribution in [0.2, 0.25) is 0 Å². The molecule has 0 saturated heterocycles. The van der Waals surface area contributed by atoms with Crippen LogP contribution in [0.3, 0.4) is 0 Å². The van der Waals surface area contributed by atoms with Gasteiger partial charge in [0.25, 0.3) is 0 Å².